The van der Waals surface area contributed by atoms with Crippen molar-refractivity contribution >= 4 is 27.4 Å². The van der Waals surface area contributed by atoms with Crippen molar-refractivity contribution in [1.29, 1.82) is 5.26 Å². The van der Waals surface area contributed by atoms with E-state index >= 15 is 0 Å². The lowest BCUT2D eigenvalue weighted by molar-refractivity contribution is 0.570. The summed E-state index contributed by atoms with van der Waals surface area (Å²) < 4.78 is 41.3. The zero-order valence-corrected chi connectivity index (χ0v) is 11.7. The number of nitrogens with zero attached hydrogens (tertiary/aromatic N) is 3. The SMILES string of the molecule is Cn1ncc(C#N)c1NS(=O)(=O)c1cccc(Cl)c1F. The van der Waals surface area contributed by atoms with Crippen LogP contribution < -0.4 is 4.72 Å². The molecule has 0 amide bonds. The van der Waals surface area contributed by atoms with E-state index in [9.17, 15) is 12.8 Å². The minimum absolute atomic E-state index is 0.0264. The van der Waals surface area contributed by atoms with Crippen molar-refractivity contribution in [1.82, 2.24) is 9.78 Å². The second kappa shape index (κ2) is 5.11. The smallest absolute Gasteiger partial charge is 0.262 e. The predicted octanol–water partition coefficient (Wildman–Crippen LogP) is 1.89. The standard InChI is InChI=1S/C11H8ClFN4O2S/c1-17-11(7(5-14)6-15-17)16-20(18,19)9-4-2-3-8(12)10(9)13/h2-4,6,16H,1H3. The number of aromatic nitrogens is 2. The summed E-state index contributed by atoms with van der Waals surface area (Å²) in [5, 5.41) is 12.3. The lowest BCUT2D eigenvalue weighted by atomic mass is 10.3. The number of halogens is 2. The maximum Gasteiger partial charge on any atom is 0.266 e. The molecule has 0 saturated carbocycles. The Kier molecular flexibility index (Phi) is 3.65. The second-order valence-electron chi connectivity index (χ2n) is 3.80. The molecular formula is C11H8ClFN4O2S. The number of hydrogen-bond donors (Lipinski definition) is 1. The van der Waals surface area contributed by atoms with Crippen molar-refractivity contribution in [2.45, 2.75) is 4.90 Å². The van der Waals surface area contributed by atoms with Crippen LogP contribution in [0.15, 0.2) is 29.3 Å². The van der Waals surface area contributed by atoms with Crippen LogP contribution in [0, 0.1) is 17.1 Å². The zero-order chi connectivity index (χ0) is 14.9. The van der Waals surface area contributed by atoms with Gasteiger partial charge < -0.3 is 0 Å². The number of benzene rings is 1. The Balaban J connectivity index is 2.50. The highest BCUT2D eigenvalue weighted by molar-refractivity contribution is 7.92. The summed E-state index contributed by atoms with van der Waals surface area (Å²) in [5.41, 5.74) is 0.0264. The molecule has 0 saturated heterocycles. The van der Waals surface area contributed by atoms with Crippen molar-refractivity contribution in [2.24, 2.45) is 7.05 Å². The third kappa shape index (κ3) is 2.45. The van der Waals surface area contributed by atoms with Crippen LogP contribution in [0.2, 0.25) is 5.02 Å². The highest BCUT2D eigenvalue weighted by atomic mass is 35.5. The number of sulfonamides is 1. The molecule has 1 aromatic heterocycles. The van der Waals surface area contributed by atoms with Gasteiger partial charge >= 0.3 is 0 Å². The van der Waals surface area contributed by atoms with Gasteiger partial charge in [0.25, 0.3) is 10.0 Å². The second-order valence-corrected chi connectivity index (χ2v) is 5.86. The molecule has 0 bridgehead atoms. The van der Waals surface area contributed by atoms with Gasteiger partial charge in [0.2, 0.25) is 0 Å². The van der Waals surface area contributed by atoms with E-state index < -0.39 is 20.7 Å². The van der Waals surface area contributed by atoms with Crippen LogP contribution in [-0.2, 0) is 17.1 Å². The molecular weight excluding hydrogens is 307 g/mol. The summed E-state index contributed by atoms with van der Waals surface area (Å²) in [6, 6.07) is 5.41. The third-order valence-electron chi connectivity index (χ3n) is 2.50. The van der Waals surface area contributed by atoms with E-state index in [0.717, 1.165) is 6.07 Å². The highest BCUT2D eigenvalue weighted by Crippen LogP contribution is 2.24. The molecule has 1 heterocycles. The lowest BCUT2D eigenvalue weighted by Crippen LogP contribution is -2.17. The first-order valence-corrected chi connectivity index (χ1v) is 7.12. The summed E-state index contributed by atoms with van der Waals surface area (Å²) in [6.45, 7) is 0. The molecule has 9 heteroatoms. The van der Waals surface area contributed by atoms with Gasteiger partial charge in [-0.2, -0.15) is 10.4 Å². The van der Waals surface area contributed by atoms with Gasteiger partial charge in [0.05, 0.1) is 11.2 Å². The number of anilines is 1. The van der Waals surface area contributed by atoms with Crippen LogP contribution >= 0.6 is 11.6 Å². The molecule has 0 fully saturated rings. The minimum Gasteiger partial charge on any atom is -0.262 e. The Morgan fingerprint density at radius 3 is 2.85 bits per heavy atom. The number of hydrogen-bond acceptors (Lipinski definition) is 4. The quantitative estimate of drug-likeness (QED) is 0.937. The molecule has 104 valence electrons. The van der Waals surface area contributed by atoms with Crippen molar-refractivity contribution < 1.29 is 12.8 Å². The van der Waals surface area contributed by atoms with E-state index in [4.69, 9.17) is 16.9 Å². The fourth-order valence-electron chi connectivity index (χ4n) is 1.51. The third-order valence-corrected chi connectivity index (χ3v) is 4.14. The molecule has 0 aliphatic rings. The van der Waals surface area contributed by atoms with Crippen molar-refractivity contribution in [3.05, 3.63) is 40.8 Å². The van der Waals surface area contributed by atoms with Crippen LogP contribution in [0.4, 0.5) is 10.2 Å². The summed E-state index contributed by atoms with van der Waals surface area (Å²) in [4.78, 5) is -0.602. The maximum absolute atomic E-state index is 13.8. The number of aryl methyl sites for hydroxylation is 1. The largest absolute Gasteiger partial charge is 0.266 e. The Bertz CT molecular complexity index is 810. The normalized spacial score (nSPS) is 11.1. The molecule has 0 aliphatic heterocycles. The fraction of sp³-hybridized carbons (Fsp3) is 0.0909. The van der Waals surface area contributed by atoms with E-state index in [1.54, 1.807) is 6.07 Å². The average Bonchev–Trinajstić information content (AvgIpc) is 2.73. The number of rotatable bonds is 3. The van der Waals surface area contributed by atoms with E-state index in [1.165, 1.54) is 30.1 Å². The minimum atomic E-state index is -4.21. The number of nitriles is 1. The van der Waals surface area contributed by atoms with Gasteiger partial charge in [-0.1, -0.05) is 17.7 Å². The molecule has 2 aromatic rings. The van der Waals surface area contributed by atoms with Gasteiger partial charge in [-0.3, -0.25) is 9.40 Å². The van der Waals surface area contributed by atoms with Crippen molar-refractivity contribution in [3.63, 3.8) is 0 Å². The zero-order valence-electron chi connectivity index (χ0n) is 10.1. The van der Waals surface area contributed by atoms with Crippen LogP contribution in [0.1, 0.15) is 5.56 Å². The molecule has 1 N–H and O–H groups in total. The van der Waals surface area contributed by atoms with E-state index in [2.05, 4.69) is 9.82 Å². The Labute approximate surface area is 119 Å². The van der Waals surface area contributed by atoms with Gasteiger partial charge in [-0.25, -0.2) is 12.8 Å². The summed E-state index contributed by atoms with van der Waals surface area (Å²) in [7, 11) is -2.76. The van der Waals surface area contributed by atoms with Gasteiger partial charge in [0.15, 0.2) is 11.6 Å². The van der Waals surface area contributed by atoms with Crippen molar-refractivity contribution in [2.75, 3.05) is 4.72 Å². The summed E-state index contributed by atoms with van der Waals surface area (Å²) in [6.07, 6.45) is 1.20. The number of nitrogens with one attached hydrogen (secondary N) is 1. The van der Waals surface area contributed by atoms with Gasteiger partial charge in [-0.15, -0.1) is 0 Å². The Morgan fingerprint density at radius 1 is 1.50 bits per heavy atom. The molecule has 1 aromatic carbocycles. The molecule has 0 unspecified atom stereocenters. The highest BCUT2D eigenvalue weighted by Gasteiger charge is 2.23. The van der Waals surface area contributed by atoms with Gasteiger partial charge in [-0.05, 0) is 12.1 Å². The predicted molar refractivity (Wildman–Crippen MR) is 70.1 cm³/mol. The molecule has 2 rings (SSSR count). The van der Waals surface area contributed by atoms with E-state index in [-0.39, 0.29) is 16.4 Å². The summed E-state index contributed by atoms with van der Waals surface area (Å²) >= 11 is 5.55. The Morgan fingerprint density at radius 2 is 2.20 bits per heavy atom. The molecule has 0 radical (unpaired) electrons. The first-order valence-electron chi connectivity index (χ1n) is 5.25. The topological polar surface area (TPSA) is 87.8 Å². The van der Waals surface area contributed by atoms with E-state index in [0.29, 0.717) is 0 Å². The van der Waals surface area contributed by atoms with Crippen LogP contribution in [0.5, 0.6) is 0 Å². The maximum atomic E-state index is 13.8. The van der Waals surface area contributed by atoms with E-state index in [1.807, 2.05) is 0 Å². The van der Waals surface area contributed by atoms with Crippen LogP contribution in [0.25, 0.3) is 0 Å². The van der Waals surface area contributed by atoms with Gasteiger partial charge in [0.1, 0.15) is 16.5 Å². The Hall–Kier alpha value is -2.11. The van der Waals surface area contributed by atoms with Crippen LogP contribution in [0.3, 0.4) is 0 Å². The fourth-order valence-corrected chi connectivity index (χ4v) is 2.95. The average molecular weight is 315 g/mol. The molecule has 0 atom stereocenters. The molecule has 20 heavy (non-hydrogen) atoms. The van der Waals surface area contributed by atoms with Gasteiger partial charge in [0, 0.05) is 7.05 Å². The molecule has 0 spiro atoms. The summed E-state index contributed by atoms with van der Waals surface area (Å²) in [5.74, 6) is -1.10. The molecule has 0 aliphatic carbocycles. The van der Waals surface area contributed by atoms with Crippen molar-refractivity contribution in [3.8, 4) is 6.07 Å². The first-order chi connectivity index (χ1) is 9.36. The lowest BCUT2D eigenvalue weighted by Gasteiger charge is -2.09. The monoisotopic (exact) mass is 314 g/mol. The van der Waals surface area contributed by atoms with Crippen LogP contribution in [-0.4, -0.2) is 18.2 Å². The molecule has 6 nitrogen and oxygen atoms in total. The first kappa shape index (κ1) is 14.3.